The van der Waals surface area contributed by atoms with E-state index in [4.69, 9.17) is 9.15 Å². The second-order valence-electron chi connectivity index (χ2n) is 8.36. The first-order valence-corrected chi connectivity index (χ1v) is 9.43. The first-order chi connectivity index (χ1) is 12.9. The summed E-state index contributed by atoms with van der Waals surface area (Å²) >= 11 is 0. The first kappa shape index (κ1) is 16.4. The fourth-order valence-corrected chi connectivity index (χ4v) is 4.81. The molecule has 0 spiro atoms. The van der Waals surface area contributed by atoms with E-state index in [0.717, 1.165) is 17.5 Å². The number of hydrogen-bond donors (Lipinski definition) is 0. The Morgan fingerprint density at radius 1 is 1.15 bits per heavy atom. The van der Waals surface area contributed by atoms with Gasteiger partial charge in [0.05, 0.1) is 10.9 Å². The second-order valence-corrected chi connectivity index (χ2v) is 8.36. The summed E-state index contributed by atoms with van der Waals surface area (Å²) in [7, 11) is 2.10. The Morgan fingerprint density at radius 2 is 1.93 bits per heavy atom. The molecular weight excluding hydrogens is 338 g/mol. The van der Waals surface area contributed by atoms with Crippen molar-refractivity contribution in [1.29, 1.82) is 0 Å². The standard InChI is InChI=1S/C23H23NO3/c1-13-9-10-18-15(11-13)21-20(22(25)26-18)19-14-7-5-6-8-17(14)24(4)12-16(19)23(2,3)27-21/h5-11,16,19H,12H2,1-4H3/t16-,19+/m0/s1. The van der Waals surface area contributed by atoms with E-state index in [-0.39, 0.29) is 17.5 Å². The molecular formula is C23H23NO3. The number of hydrogen-bond acceptors (Lipinski definition) is 4. The summed E-state index contributed by atoms with van der Waals surface area (Å²) in [4.78, 5) is 15.3. The lowest BCUT2D eigenvalue weighted by atomic mass is 9.68. The summed E-state index contributed by atoms with van der Waals surface area (Å²) in [6.07, 6.45) is 0. The Balaban J connectivity index is 1.88. The van der Waals surface area contributed by atoms with Gasteiger partial charge in [0.15, 0.2) is 0 Å². The minimum absolute atomic E-state index is 0.0303. The van der Waals surface area contributed by atoms with Crippen LogP contribution in [0.25, 0.3) is 11.0 Å². The van der Waals surface area contributed by atoms with Gasteiger partial charge in [-0.2, -0.15) is 0 Å². The fraction of sp³-hybridized carbons (Fsp3) is 0.348. The molecule has 0 radical (unpaired) electrons. The highest BCUT2D eigenvalue weighted by molar-refractivity contribution is 5.86. The molecule has 0 unspecified atom stereocenters. The zero-order valence-corrected chi connectivity index (χ0v) is 16.1. The molecule has 1 aromatic heterocycles. The summed E-state index contributed by atoms with van der Waals surface area (Å²) in [5.74, 6) is 0.822. The van der Waals surface area contributed by atoms with Crippen LogP contribution in [0.15, 0.2) is 51.7 Å². The number of rotatable bonds is 0. The SMILES string of the molecule is Cc1ccc2oc(=O)c3c(c2c1)OC(C)(C)[C@H]1CN(C)c2ccccc2[C@@H]31. The van der Waals surface area contributed by atoms with Gasteiger partial charge in [0, 0.05) is 31.1 Å². The molecule has 2 aliphatic heterocycles. The number of nitrogens with zero attached hydrogens (tertiary/aromatic N) is 1. The van der Waals surface area contributed by atoms with Crippen LogP contribution in [0, 0.1) is 12.8 Å². The van der Waals surface area contributed by atoms with Crippen molar-refractivity contribution < 1.29 is 9.15 Å². The number of benzene rings is 2. The molecule has 27 heavy (non-hydrogen) atoms. The van der Waals surface area contributed by atoms with Gasteiger partial charge in [0.1, 0.15) is 16.9 Å². The lowest BCUT2D eigenvalue weighted by Crippen LogP contribution is -2.53. The molecule has 138 valence electrons. The highest BCUT2D eigenvalue weighted by Crippen LogP contribution is 2.53. The van der Waals surface area contributed by atoms with Gasteiger partial charge in [-0.3, -0.25) is 0 Å². The van der Waals surface area contributed by atoms with Crippen LogP contribution in [0.4, 0.5) is 5.69 Å². The van der Waals surface area contributed by atoms with E-state index >= 15 is 0 Å². The van der Waals surface area contributed by atoms with Crippen LogP contribution < -0.4 is 15.3 Å². The Kier molecular flexibility index (Phi) is 3.27. The smallest absolute Gasteiger partial charge is 0.343 e. The molecule has 3 heterocycles. The van der Waals surface area contributed by atoms with Crippen molar-refractivity contribution in [1.82, 2.24) is 0 Å². The molecule has 3 aromatic rings. The molecule has 0 aliphatic carbocycles. The Labute approximate surface area is 158 Å². The van der Waals surface area contributed by atoms with Gasteiger partial charge in [0.25, 0.3) is 0 Å². The number of anilines is 1. The maximum absolute atomic E-state index is 13.1. The summed E-state index contributed by atoms with van der Waals surface area (Å²) in [5.41, 5.74) is 4.03. The zero-order chi connectivity index (χ0) is 18.9. The Morgan fingerprint density at radius 3 is 2.74 bits per heavy atom. The van der Waals surface area contributed by atoms with Crippen molar-refractivity contribution in [3.05, 3.63) is 69.6 Å². The van der Waals surface area contributed by atoms with Crippen LogP contribution in [0.2, 0.25) is 0 Å². The van der Waals surface area contributed by atoms with Gasteiger partial charge in [-0.25, -0.2) is 4.79 Å². The van der Waals surface area contributed by atoms with Gasteiger partial charge >= 0.3 is 5.63 Å². The van der Waals surface area contributed by atoms with Crippen molar-refractivity contribution in [3.8, 4) is 5.75 Å². The lowest BCUT2D eigenvalue weighted by Gasteiger charge is -2.49. The van der Waals surface area contributed by atoms with E-state index in [1.54, 1.807) is 0 Å². The first-order valence-electron chi connectivity index (χ1n) is 9.43. The topological polar surface area (TPSA) is 42.7 Å². The molecule has 0 bridgehead atoms. The third-order valence-electron chi connectivity index (χ3n) is 6.17. The minimum atomic E-state index is -0.399. The maximum atomic E-state index is 13.1. The molecule has 0 N–H and O–H groups in total. The predicted molar refractivity (Wildman–Crippen MR) is 107 cm³/mol. The average Bonchev–Trinajstić information content (AvgIpc) is 2.63. The van der Waals surface area contributed by atoms with Gasteiger partial charge in [-0.05, 0) is 44.5 Å². The minimum Gasteiger partial charge on any atom is -0.486 e. The Bertz CT molecular complexity index is 1130. The molecule has 5 rings (SSSR count). The van der Waals surface area contributed by atoms with Crippen molar-refractivity contribution in [2.75, 3.05) is 18.5 Å². The summed E-state index contributed by atoms with van der Waals surface area (Å²) in [6, 6.07) is 14.2. The fourth-order valence-electron chi connectivity index (χ4n) is 4.81. The summed E-state index contributed by atoms with van der Waals surface area (Å²) < 4.78 is 12.2. The third-order valence-corrected chi connectivity index (χ3v) is 6.17. The van der Waals surface area contributed by atoms with Crippen LogP contribution in [-0.4, -0.2) is 19.2 Å². The largest absolute Gasteiger partial charge is 0.486 e. The van der Waals surface area contributed by atoms with Crippen LogP contribution >= 0.6 is 0 Å². The Hall–Kier alpha value is -2.75. The molecule has 0 amide bonds. The van der Waals surface area contributed by atoms with Gasteiger partial charge in [-0.1, -0.05) is 29.8 Å². The number of fused-ring (bicyclic) bond motifs is 7. The third kappa shape index (κ3) is 2.25. The van der Waals surface area contributed by atoms with Crippen LogP contribution in [0.3, 0.4) is 0 Å². The van der Waals surface area contributed by atoms with E-state index in [0.29, 0.717) is 16.9 Å². The van der Waals surface area contributed by atoms with Crippen molar-refractivity contribution in [2.45, 2.75) is 32.3 Å². The second kappa shape index (κ2) is 5.38. The van der Waals surface area contributed by atoms with Gasteiger partial charge < -0.3 is 14.1 Å². The van der Waals surface area contributed by atoms with Crippen molar-refractivity contribution in [2.24, 2.45) is 5.92 Å². The average molecular weight is 361 g/mol. The van der Waals surface area contributed by atoms with E-state index in [2.05, 4.69) is 37.9 Å². The predicted octanol–water partition coefficient (Wildman–Crippen LogP) is 4.47. The van der Waals surface area contributed by atoms with Crippen LogP contribution in [0.5, 0.6) is 5.75 Å². The molecule has 4 nitrogen and oxygen atoms in total. The molecule has 0 saturated carbocycles. The van der Waals surface area contributed by atoms with Crippen molar-refractivity contribution >= 4 is 16.7 Å². The van der Waals surface area contributed by atoms with E-state index in [1.807, 2.05) is 37.3 Å². The number of aryl methyl sites for hydroxylation is 1. The normalized spacial score (nSPS) is 22.6. The number of ether oxygens (including phenoxy) is 1. The molecule has 2 atom stereocenters. The summed E-state index contributed by atoms with van der Waals surface area (Å²) in [6.45, 7) is 7.13. The van der Waals surface area contributed by atoms with Crippen LogP contribution in [0.1, 0.15) is 36.5 Å². The lowest BCUT2D eigenvalue weighted by molar-refractivity contribution is 0.0187. The van der Waals surface area contributed by atoms with Crippen LogP contribution in [-0.2, 0) is 0 Å². The quantitative estimate of drug-likeness (QED) is 0.554. The maximum Gasteiger partial charge on any atom is 0.343 e. The highest BCUT2D eigenvalue weighted by atomic mass is 16.5. The molecule has 4 heteroatoms. The molecule has 2 aliphatic rings. The van der Waals surface area contributed by atoms with E-state index in [9.17, 15) is 4.79 Å². The monoisotopic (exact) mass is 361 g/mol. The molecule has 0 fully saturated rings. The molecule has 0 saturated heterocycles. The zero-order valence-electron chi connectivity index (χ0n) is 16.1. The van der Waals surface area contributed by atoms with Gasteiger partial charge in [0.2, 0.25) is 0 Å². The van der Waals surface area contributed by atoms with E-state index in [1.165, 1.54) is 11.3 Å². The van der Waals surface area contributed by atoms with Crippen molar-refractivity contribution in [3.63, 3.8) is 0 Å². The summed E-state index contributed by atoms with van der Waals surface area (Å²) in [5, 5.41) is 0.882. The number of para-hydroxylation sites is 1. The molecule has 2 aromatic carbocycles. The van der Waals surface area contributed by atoms with E-state index < -0.39 is 5.60 Å². The van der Waals surface area contributed by atoms with Gasteiger partial charge in [-0.15, -0.1) is 0 Å². The highest BCUT2D eigenvalue weighted by Gasteiger charge is 2.50.